The molecule has 1 saturated heterocycles. The largest absolute Gasteiger partial charge is 0.473 e. The molecule has 1 amide bonds. The van der Waals surface area contributed by atoms with E-state index in [0.717, 1.165) is 61.5 Å². The lowest BCUT2D eigenvalue weighted by Gasteiger charge is -2.31. The Labute approximate surface area is 326 Å². The highest BCUT2D eigenvalue weighted by atomic mass is 19.1. The van der Waals surface area contributed by atoms with E-state index >= 15 is 0 Å². The zero-order chi connectivity index (χ0) is 41.0. The van der Waals surface area contributed by atoms with Crippen LogP contribution in [0.1, 0.15) is 107 Å². The number of carbonyl (C=O) groups excluding carboxylic acids is 1. The molecule has 4 aromatic rings. The molecule has 55 heavy (non-hydrogen) atoms. The third-order valence-electron chi connectivity index (χ3n) is 9.00. The number of hydrogen-bond acceptors (Lipinski definition) is 9. The fraction of sp³-hybridized carbons (Fsp3) is 0.500. The molecule has 12 nitrogen and oxygen atoms in total. The van der Waals surface area contributed by atoms with Gasteiger partial charge in [0.1, 0.15) is 18.2 Å². The molecule has 2 aromatic carbocycles. The molecule has 3 heterocycles. The number of nitrogens with zero attached hydrogens (tertiary/aromatic N) is 6. The average Bonchev–Trinajstić information content (AvgIpc) is 3.54. The molecule has 0 aliphatic carbocycles. The Morgan fingerprint density at radius 1 is 1.11 bits per heavy atom. The lowest BCUT2D eigenvalue weighted by atomic mass is 9.93. The summed E-state index contributed by atoms with van der Waals surface area (Å²) in [5.41, 5.74) is 19.2. The summed E-state index contributed by atoms with van der Waals surface area (Å²) in [5, 5.41) is 8.93. The number of carbonyl (C=O) groups is 1. The van der Waals surface area contributed by atoms with E-state index < -0.39 is 11.7 Å². The Bertz CT molecular complexity index is 1830. The minimum Gasteiger partial charge on any atom is -0.473 e. The molecule has 5 rings (SSSR count). The number of nitriles is 1. The Balaban J connectivity index is 0.000000644. The number of imidazole rings is 1. The van der Waals surface area contributed by atoms with Gasteiger partial charge in [0.15, 0.2) is 0 Å². The van der Waals surface area contributed by atoms with Gasteiger partial charge in [-0.3, -0.25) is 14.7 Å². The van der Waals surface area contributed by atoms with E-state index in [1.165, 1.54) is 19.5 Å². The predicted octanol–water partition coefficient (Wildman–Crippen LogP) is 6.94. The number of hydrogen-bond donors (Lipinski definition) is 3. The maximum atomic E-state index is 14.2. The van der Waals surface area contributed by atoms with Gasteiger partial charge in [-0.1, -0.05) is 46.8 Å². The summed E-state index contributed by atoms with van der Waals surface area (Å²) in [5.74, 6) is 1.31. The smallest absolute Gasteiger partial charge is 0.248 e. The van der Waals surface area contributed by atoms with Gasteiger partial charge >= 0.3 is 0 Å². The first-order valence-corrected chi connectivity index (χ1v) is 19.1. The number of aliphatic imine (C=N–C) groups is 1. The van der Waals surface area contributed by atoms with Gasteiger partial charge in [0.05, 0.1) is 47.7 Å². The Kier molecular flexibility index (Phi) is 20.0. The molecule has 13 heteroatoms. The Morgan fingerprint density at radius 2 is 1.82 bits per heavy atom. The van der Waals surface area contributed by atoms with Gasteiger partial charge in [0, 0.05) is 42.0 Å². The minimum absolute atomic E-state index is 0.0327. The molecule has 2 aromatic heterocycles. The van der Waals surface area contributed by atoms with Gasteiger partial charge in [0.2, 0.25) is 11.8 Å². The number of piperidine rings is 1. The average molecular weight is 760 g/mol. The molecular formula is C42H62FN9O3. The molecule has 1 aliphatic rings. The number of nitrogens with two attached hydrogens (primary N) is 3. The number of fused-ring (bicyclic) bond motifs is 1. The van der Waals surface area contributed by atoms with E-state index in [1.807, 2.05) is 38.1 Å². The molecule has 6 N–H and O–H groups in total. The number of benzene rings is 2. The quantitative estimate of drug-likeness (QED) is 0.0906. The summed E-state index contributed by atoms with van der Waals surface area (Å²) in [7, 11) is 1.50. The van der Waals surface area contributed by atoms with Crippen molar-refractivity contribution >= 4 is 23.3 Å². The van der Waals surface area contributed by atoms with Crippen molar-refractivity contribution in [1.82, 2.24) is 19.4 Å². The molecule has 0 unspecified atom stereocenters. The maximum absolute atomic E-state index is 14.2. The van der Waals surface area contributed by atoms with Crippen LogP contribution in [-0.2, 0) is 24.4 Å². The number of pyridine rings is 1. The highest BCUT2D eigenvalue weighted by Crippen LogP contribution is 2.29. The standard InChI is InChI=1S/C30H31FN8O2.C9H20O.C2H6.CH5N/c31-24-14-20(16-32)4-5-23(24)18-41-29-3-1-2-25(37-29)21-8-11-38(12-9-21)17-28-36-26-7-6-22(30(34)40)15-27(26)39(28)13-10-35-19-33;1-6-9(4,5)10-7-8(2)3;2*1-2/h1-7,14-15,19,21H,8-13,17-18H2,(H2,33,35)(H2,34,40);8H,6-7H2,1-5H3;1-2H3;2H2,1H3. The Morgan fingerprint density at radius 3 is 2.42 bits per heavy atom. The van der Waals surface area contributed by atoms with Crippen molar-refractivity contribution in [2.24, 2.45) is 28.1 Å². The molecule has 0 bridgehead atoms. The Hall–Kier alpha value is -4.90. The van der Waals surface area contributed by atoms with E-state index in [2.05, 4.69) is 54.8 Å². The van der Waals surface area contributed by atoms with Crippen molar-refractivity contribution in [2.45, 2.75) is 98.9 Å². The summed E-state index contributed by atoms with van der Waals surface area (Å²) in [6, 6.07) is 17.2. The van der Waals surface area contributed by atoms with Crippen LogP contribution >= 0.6 is 0 Å². The molecule has 1 aliphatic heterocycles. The van der Waals surface area contributed by atoms with Crippen LogP contribution < -0.4 is 21.9 Å². The SMILES string of the molecule is CC.CCC(C)(C)OCC(C)C.CN.N#Cc1ccc(COc2cccc(C3CCN(Cc4nc5ccc(C(N)=O)cc5n4CCN=CN)CC3)n2)c(F)c1. The first-order valence-electron chi connectivity index (χ1n) is 19.1. The zero-order valence-electron chi connectivity index (χ0n) is 34.0. The van der Waals surface area contributed by atoms with E-state index in [4.69, 9.17) is 36.2 Å². The van der Waals surface area contributed by atoms with E-state index in [9.17, 15) is 9.18 Å². The molecule has 0 atom stereocenters. The second-order valence-electron chi connectivity index (χ2n) is 13.8. The van der Waals surface area contributed by atoms with Gasteiger partial charge in [-0.2, -0.15) is 5.26 Å². The van der Waals surface area contributed by atoms with Crippen molar-refractivity contribution in [3.8, 4) is 11.9 Å². The summed E-state index contributed by atoms with van der Waals surface area (Å²) in [4.78, 5) is 27.8. The molecular weight excluding hydrogens is 698 g/mol. The van der Waals surface area contributed by atoms with Crippen LogP contribution in [0.4, 0.5) is 4.39 Å². The van der Waals surface area contributed by atoms with E-state index in [1.54, 1.807) is 30.3 Å². The molecule has 0 radical (unpaired) electrons. The molecule has 300 valence electrons. The third-order valence-corrected chi connectivity index (χ3v) is 9.00. The minimum atomic E-state index is -0.479. The van der Waals surface area contributed by atoms with Gasteiger partial charge < -0.3 is 31.2 Å². The fourth-order valence-corrected chi connectivity index (χ4v) is 5.63. The molecule has 1 fully saturated rings. The highest BCUT2D eigenvalue weighted by Gasteiger charge is 2.24. The summed E-state index contributed by atoms with van der Waals surface area (Å²) >= 11 is 0. The first kappa shape index (κ1) is 46.3. The topological polar surface area (TPSA) is 184 Å². The van der Waals surface area contributed by atoms with Crippen LogP contribution in [0.5, 0.6) is 5.88 Å². The number of rotatable bonds is 14. The summed E-state index contributed by atoms with van der Waals surface area (Å²) < 4.78 is 27.7. The summed E-state index contributed by atoms with van der Waals surface area (Å²) in [6.07, 6.45) is 4.21. The fourth-order valence-electron chi connectivity index (χ4n) is 5.63. The van der Waals surface area contributed by atoms with E-state index in [-0.39, 0.29) is 23.7 Å². The lowest BCUT2D eigenvalue weighted by molar-refractivity contribution is -0.0327. The first-order chi connectivity index (χ1) is 26.4. The zero-order valence-corrected chi connectivity index (χ0v) is 34.0. The van der Waals surface area contributed by atoms with Crippen molar-refractivity contribution < 1.29 is 18.7 Å². The highest BCUT2D eigenvalue weighted by molar-refractivity contribution is 5.96. The van der Waals surface area contributed by atoms with Gasteiger partial charge in [-0.25, -0.2) is 14.4 Å². The van der Waals surface area contributed by atoms with Gasteiger partial charge in [-0.05, 0) is 95.6 Å². The lowest BCUT2D eigenvalue weighted by Crippen LogP contribution is -2.33. The second-order valence-corrected chi connectivity index (χ2v) is 13.8. The van der Waals surface area contributed by atoms with Crippen LogP contribution in [0.25, 0.3) is 11.0 Å². The van der Waals surface area contributed by atoms with Crippen LogP contribution in [0, 0.1) is 23.1 Å². The number of aromatic nitrogens is 3. The van der Waals surface area contributed by atoms with Crippen molar-refractivity contribution in [1.29, 1.82) is 5.26 Å². The van der Waals surface area contributed by atoms with Crippen molar-refractivity contribution in [2.75, 3.05) is 33.3 Å². The third kappa shape index (κ3) is 14.7. The molecule has 0 spiro atoms. The van der Waals surface area contributed by atoms with Crippen LogP contribution in [0.15, 0.2) is 59.6 Å². The summed E-state index contributed by atoms with van der Waals surface area (Å²) in [6.45, 7) is 19.1. The second kappa shape index (κ2) is 23.8. The maximum Gasteiger partial charge on any atom is 0.248 e. The number of likely N-dealkylation sites (tertiary alicyclic amines) is 1. The molecule has 0 saturated carbocycles. The van der Waals surface area contributed by atoms with Crippen molar-refractivity contribution in [3.63, 3.8) is 0 Å². The monoisotopic (exact) mass is 759 g/mol. The number of ether oxygens (including phenoxy) is 2. The number of amides is 1. The van der Waals surface area contributed by atoms with Gasteiger partial charge in [0.25, 0.3) is 0 Å². The van der Waals surface area contributed by atoms with E-state index in [0.29, 0.717) is 42.6 Å². The number of halogens is 1. The normalized spacial score (nSPS) is 13.3. The van der Waals surface area contributed by atoms with Crippen LogP contribution in [0.2, 0.25) is 0 Å². The van der Waals surface area contributed by atoms with Gasteiger partial charge in [-0.15, -0.1) is 0 Å². The predicted molar refractivity (Wildman–Crippen MR) is 219 cm³/mol. The van der Waals surface area contributed by atoms with Crippen LogP contribution in [0.3, 0.4) is 0 Å². The van der Waals surface area contributed by atoms with Crippen LogP contribution in [-0.4, -0.2) is 70.6 Å². The van der Waals surface area contributed by atoms with Crippen molar-refractivity contribution in [3.05, 3.63) is 88.6 Å². The number of primary amides is 1.